The van der Waals surface area contributed by atoms with E-state index >= 15 is 0 Å². The van der Waals surface area contributed by atoms with Crippen LogP contribution in [-0.4, -0.2) is 42.1 Å². The molecule has 1 fully saturated rings. The lowest BCUT2D eigenvalue weighted by Crippen LogP contribution is -2.49. The Morgan fingerprint density at radius 3 is 2.20 bits per heavy atom. The minimum absolute atomic E-state index is 0.274. The van der Waals surface area contributed by atoms with Gasteiger partial charge >= 0.3 is 6.09 Å². The van der Waals surface area contributed by atoms with E-state index in [1.165, 1.54) is 0 Å². The van der Waals surface area contributed by atoms with E-state index < -0.39 is 0 Å². The fraction of sp³-hybridized carbons (Fsp3) is 0.300. The molecule has 1 aliphatic rings. The number of rotatable bonds is 4. The van der Waals surface area contributed by atoms with E-state index in [0.29, 0.717) is 26.2 Å². The van der Waals surface area contributed by atoms with Gasteiger partial charge < -0.3 is 9.64 Å². The maximum Gasteiger partial charge on any atom is 0.410 e. The monoisotopic (exact) mass is 335 g/mol. The molecule has 5 heteroatoms. The molecule has 0 bridgehead atoms. The second kappa shape index (κ2) is 8.32. The van der Waals surface area contributed by atoms with Gasteiger partial charge in [0.05, 0.1) is 6.07 Å². The number of ether oxygens (including phenoxy) is 1. The molecule has 3 rings (SSSR count). The standard InChI is InChI=1S/C20H21N3O2/c21-15-19(18-9-5-2-6-10-18)22-11-13-23(14-12-22)20(24)25-16-17-7-3-1-4-8-17/h1-10,19H,11-14,16H2. The quantitative estimate of drug-likeness (QED) is 0.861. The second-order valence-electron chi connectivity index (χ2n) is 6.01. The predicted octanol–water partition coefficient (Wildman–Crippen LogP) is 3.21. The number of benzene rings is 2. The molecule has 1 heterocycles. The molecule has 128 valence electrons. The molecule has 0 radical (unpaired) electrons. The molecule has 1 atom stereocenters. The summed E-state index contributed by atoms with van der Waals surface area (Å²) in [5.41, 5.74) is 1.97. The highest BCUT2D eigenvalue weighted by molar-refractivity contribution is 5.67. The van der Waals surface area contributed by atoms with Gasteiger partial charge in [-0.2, -0.15) is 5.26 Å². The molecular weight excluding hydrogens is 314 g/mol. The molecule has 0 aromatic heterocycles. The van der Waals surface area contributed by atoms with Crippen molar-refractivity contribution in [1.82, 2.24) is 9.80 Å². The van der Waals surface area contributed by atoms with Crippen molar-refractivity contribution in [2.45, 2.75) is 12.6 Å². The average Bonchev–Trinajstić information content (AvgIpc) is 2.69. The Kier molecular flexibility index (Phi) is 5.65. The summed E-state index contributed by atoms with van der Waals surface area (Å²) in [6.45, 7) is 2.74. The summed E-state index contributed by atoms with van der Waals surface area (Å²) < 4.78 is 5.38. The van der Waals surface area contributed by atoms with Gasteiger partial charge in [-0.1, -0.05) is 60.7 Å². The number of hydrogen-bond acceptors (Lipinski definition) is 4. The van der Waals surface area contributed by atoms with Crippen molar-refractivity contribution in [2.24, 2.45) is 0 Å². The average molecular weight is 335 g/mol. The van der Waals surface area contributed by atoms with Crippen LogP contribution in [0.3, 0.4) is 0 Å². The van der Waals surface area contributed by atoms with Crippen LogP contribution in [0.15, 0.2) is 60.7 Å². The van der Waals surface area contributed by atoms with Crippen LogP contribution in [0.5, 0.6) is 0 Å². The fourth-order valence-corrected chi connectivity index (χ4v) is 2.98. The highest BCUT2D eigenvalue weighted by atomic mass is 16.6. The van der Waals surface area contributed by atoms with Crippen molar-refractivity contribution >= 4 is 6.09 Å². The van der Waals surface area contributed by atoms with E-state index in [0.717, 1.165) is 11.1 Å². The Balaban J connectivity index is 1.51. The number of carbonyl (C=O) groups is 1. The summed E-state index contributed by atoms with van der Waals surface area (Å²) in [5.74, 6) is 0. The molecule has 2 aromatic carbocycles. The van der Waals surface area contributed by atoms with E-state index in [2.05, 4.69) is 11.0 Å². The van der Waals surface area contributed by atoms with Gasteiger partial charge in [-0.05, 0) is 11.1 Å². The van der Waals surface area contributed by atoms with Gasteiger partial charge in [0.1, 0.15) is 12.6 Å². The van der Waals surface area contributed by atoms with Crippen LogP contribution in [0.25, 0.3) is 0 Å². The van der Waals surface area contributed by atoms with Crippen molar-refractivity contribution in [1.29, 1.82) is 5.26 Å². The third-order valence-electron chi connectivity index (χ3n) is 4.38. The predicted molar refractivity (Wildman–Crippen MR) is 94.6 cm³/mol. The summed E-state index contributed by atoms with van der Waals surface area (Å²) in [4.78, 5) is 16.0. The molecule has 0 saturated carbocycles. The normalized spacial score (nSPS) is 16.0. The zero-order chi connectivity index (χ0) is 17.5. The number of hydrogen-bond donors (Lipinski definition) is 0. The summed E-state index contributed by atoms with van der Waals surface area (Å²) in [6.07, 6.45) is -0.295. The minimum Gasteiger partial charge on any atom is -0.445 e. The van der Waals surface area contributed by atoms with Gasteiger partial charge in [-0.25, -0.2) is 4.79 Å². The third-order valence-corrected chi connectivity index (χ3v) is 4.38. The zero-order valence-electron chi connectivity index (χ0n) is 14.0. The van der Waals surface area contributed by atoms with Gasteiger partial charge in [-0.3, -0.25) is 4.90 Å². The van der Waals surface area contributed by atoms with Crippen LogP contribution in [-0.2, 0) is 11.3 Å². The van der Waals surface area contributed by atoms with Crippen LogP contribution in [0, 0.1) is 11.3 Å². The number of piperazine rings is 1. The maximum absolute atomic E-state index is 12.2. The molecule has 0 N–H and O–H groups in total. The van der Waals surface area contributed by atoms with Crippen molar-refractivity contribution in [3.8, 4) is 6.07 Å². The van der Waals surface area contributed by atoms with E-state index in [1.54, 1.807) is 4.90 Å². The highest BCUT2D eigenvalue weighted by Crippen LogP contribution is 2.21. The summed E-state index contributed by atoms with van der Waals surface area (Å²) in [6, 6.07) is 21.5. The van der Waals surface area contributed by atoms with Crippen LogP contribution in [0.4, 0.5) is 4.79 Å². The number of nitrogens with zero attached hydrogens (tertiary/aromatic N) is 3. The van der Waals surface area contributed by atoms with E-state index in [9.17, 15) is 10.1 Å². The molecule has 0 spiro atoms. The topological polar surface area (TPSA) is 56.6 Å². The first kappa shape index (κ1) is 17.0. The van der Waals surface area contributed by atoms with Crippen molar-refractivity contribution < 1.29 is 9.53 Å². The van der Waals surface area contributed by atoms with E-state index in [-0.39, 0.29) is 18.7 Å². The number of amides is 1. The maximum atomic E-state index is 12.2. The molecule has 2 aromatic rings. The number of nitriles is 1. The zero-order valence-corrected chi connectivity index (χ0v) is 14.0. The lowest BCUT2D eigenvalue weighted by Gasteiger charge is -2.36. The lowest BCUT2D eigenvalue weighted by atomic mass is 10.1. The molecule has 25 heavy (non-hydrogen) atoms. The first-order valence-electron chi connectivity index (χ1n) is 8.42. The minimum atomic E-state index is -0.295. The van der Waals surface area contributed by atoms with Crippen molar-refractivity contribution in [3.63, 3.8) is 0 Å². The largest absolute Gasteiger partial charge is 0.445 e. The fourth-order valence-electron chi connectivity index (χ4n) is 2.98. The van der Waals surface area contributed by atoms with Gasteiger partial charge in [-0.15, -0.1) is 0 Å². The Labute approximate surface area is 148 Å². The van der Waals surface area contributed by atoms with E-state index in [4.69, 9.17) is 4.74 Å². The molecule has 1 aliphatic heterocycles. The molecule has 1 unspecified atom stereocenters. The van der Waals surface area contributed by atoms with Crippen LogP contribution >= 0.6 is 0 Å². The van der Waals surface area contributed by atoms with Crippen LogP contribution in [0.2, 0.25) is 0 Å². The molecular formula is C20H21N3O2. The van der Waals surface area contributed by atoms with Crippen LogP contribution < -0.4 is 0 Å². The van der Waals surface area contributed by atoms with Crippen molar-refractivity contribution in [3.05, 3.63) is 71.8 Å². The molecule has 1 amide bonds. The van der Waals surface area contributed by atoms with Gasteiger partial charge in [0, 0.05) is 26.2 Å². The van der Waals surface area contributed by atoms with Gasteiger partial charge in [0.15, 0.2) is 0 Å². The first-order chi connectivity index (χ1) is 12.3. The highest BCUT2D eigenvalue weighted by Gasteiger charge is 2.27. The number of carbonyl (C=O) groups excluding carboxylic acids is 1. The smallest absolute Gasteiger partial charge is 0.410 e. The summed E-state index contributed by atoms with van der Waals surface area (Å²) >= 11 is 0. The first-order valence-corrected chi connectivity index (χ1v) is 8.42. The molecule has 0 aliphatic carbocycles. The van der Waals surface area contributed by atoms with Gasteiger partial charge in [0.2, 0.25) is 0 Å². The summed E-state index contributed by atoms with van der Waals surface area (Å²) in [5, 5.41) is 9.52. The van der Waals surface area contributed by atoms with Crippen molar-refractivity contribution in [2.75, 3.05) is 26.2 Å². The lowest BCUT2D eigenvalue weighted by molar-refractivity contribution is 0.0661. The molecule has 1 saturated heterocycles. The Hall–Kier alpha value is -2.84. The van der Waals surface area contributed by atoms with Gasteiger partial charge in [0.25, 0.3) is 0 Å². The second-order valence-corrected chi connectivity index (χ2v) is 6.01. The van der Waals surface area contributed by atoms with E-state index in [1.807, 2.05) is 60.7 Å². The Morgan fingerprint density at radius 1 is 1.00 bits per heavy atom. The van der Waals surface area contributed by atoms with Crippen LogP contribution in [0.1, 0.15) is 17.2 Å². The SMILES string of the molecule is N#CC(c1ccccc1)N1CCN(C(=O)OCc2ccccc2)CC1. The Bertz CT molecular complexity index is 720. The summed E-state index contributed by atoms with van der Waals surface area (Å²) in [7, 11) is 0. The third kappa shape index (κ3) is 4.37. The Morgan fingerprint density at radius 2 is 1.60 bits per heavy atom. The molecule has 5 nitrogen and oxygen atoms in total.